The van der Waals surface area contributed by atoms with Crippen LogP contribution in [0.1, 0.15) is 23.0 Å². The Hall–Kier alpha value is -5.06. The van der Waals surface area contributed by atoms with Gasteiger partial charge in [0.25, 0.3) is 5.91 Å². The fourth-order valence-corrected chi connectivity index (χ4v) is 4.57. The van der Waals surface area contributed by atoms with Gasteiger partial charge in [-0.2, -0.15) is 0 Å². The van der Waals surface area contributed by atoms with Crippen molar-refractivity contribution in [1.29, 1.82) is 0 Å². The lowest BCUT2D eigenvalue weighted by Crippen LogP contribution is -2.48. The van der Waals surface area contributed by atoms with Gasteiger partial charge in [-0.15, -0.1) is 10.2 Å². The third-order valence-corrected chi connectivity index (χ3v) is 6.77. The molecule has 204 valence electrons. The number of nitrogens with one attached hydrogen (secondary N) is 2. The first-order valence-electron chi connectivity index (χ1n) is 12.8. The number of hydrogen-bond acceptors (Lipinski definition) is 8. The number of aromatic nitrogens is 3. The van der Waals surface area contributed by atoms with Crippen molar-refractivity contribution in [2.45, 2.75) is 13.5 Å². The van der Waals surface area contributed by atoms with Crippen LogP contribution in [-0.4, -0.2) is 58.1 Å². The Morgan fingerprint density at radius 3 is 2.42 bits per heavy atom. The molecule has 2 amide bonds. The number of nitrogens with two attached hydrogens (primary N) is 1. The van der Waals surface area contributed by atoms with Crippen LogP contribution < -0.4 is 21.3 Å². The molecule has 0 atom stereocenters. The van der Waals surface area contributed by atoms with Crippen molar-refractivity contribution in [1.82, 2.24) is 20.1 Å². The summed E-state index contributed by atoms with van der Waals surface area (Å²) in [5.41, 5.74) is 9.72. The monoisotopic (exact) mass is 540 g/mol. The van der Waals surface area contributed by atoms with Gasteiger partial charge in [0.15, 0.2) is 11.5 Å². The van der Waals surface area contributed by atoms with Crippen molar-refractivity contribution in [3.63, 3.8) is 0 Å². The van der Waals surface area contributed by atoms with Crippen LogP contribution in [0.25, 0.3) is 11.1 Å². The van der Waals surface area contributed by atoms with E-state index in [1.165, 1.54) is 6.07 Å². The summed E-state index contributed by atoms with van der Waals surface area (Å²) >= 11 is 0. The van der Waals surface area contributed by atoms with Gasteiger partial charge in [-0.25, -0.2) is 4.39 Å². The average Bonchev–Trinajstić information content (AvgIpc) is 2.97. The first kappa shape index (κ1) is 26.5. The third-order valence-electron chi connectivity index (χ3n) is 6.77. The summed E-state index contributed by atoms with van der Waals surface area (Å²) in [4.78, 5) is 31.8. The number of nitrogens with zero attached hydrogens (tertiary/aromatic N) is 5. The van der Waals surface area contributed by atoms with Crippen LogP contribution in [0.4, 0.5) is 27.3 Å². The fourth-order valence-electron chi connectivity index (χ4n) is 4.57. The number of anilines is 4. The topological polar surface area (TPSA) is 129 Å². The maximum absolute atomic E-state index is 14.6. The lowest BCUT2D eigenvalue weighted by atomic mass is 10.0. The molecule has 40 heavy (non-hydrogen) atoms. The van der Waals surface area contributed by atoms with Crippen molar-refractivity contribution >= 4 is 34.7 Å². The van der Waals surface area contributed by atoms with E-state index in [1.807, 2.05) is 41.3 Å². The van der Waals surface area contributed by atoms with Gasteiger partial charge in [0.05, 0.1) is 5.69 Å². The summed E-state index contributed by atoms with van der Waals surface area (Å²) < 4.78 is 14.6. The van der Waals surface area contributed by atoms with E-state index in [2.05, 4.69) is 30.7 Å². The number of rotatable bonds is 8. The largest absolute Gasteiger partial charge is 0.379 e. The third kappa shape index (κ3) is 6.15. The Kier molecular flexibility index (Phi) is 7.81. The van der Waals surface area contributed by atoms with Gasteiger partial charge in [0.2, 0.25) is 5.91 Å². The lowest BCUT2D eigenvalue weighted by molar-refractivity contribution is -0.129. The van der Waals surface area contributed by atoms with E-state index in [0.29, 0.717) is 30.2 Å². The predicted octanol–water partition coefficient (Wildman–Crippen LogP) is 3.80. The van der Waals surface area contributed by atoms with Crippen LogP contribution in [0.3, 0.4) is 0 Å². The Morgan fingerprint density at radius 1 is 0.975 bits per heavy atom. The second-order valence-electron chi connectivity index (χ2n) is 9.42. The maximum atomic E-state index is 14.6. The average molecular weight is 541 g/mol. The zero-order valence-corrected chi connectivity index (χ0v) is 22.0. The second-order valence-corrected chi connectivity index (χ2v) is 9.42. The number of benzene rings is 2. The molecule has 2 aromatic heterocycles. The van der Waals surface area contributed by atoms with Gasteiger partial charge in [0.1, 0.15) is 5.82 Å². The molecule has 11 heteroatoms. The van der Waals surface area contributed by atoms with Crippen molar-refractivity contribution in [2.24, 2.45) is 5.73 Å². The summed E-state index contributed by atoms with van der Waals surface area (Å²) in [5.74, 6) is -0.649. The van der Waals surface area contributed by atoms with E-state index >= 15 is 0 Å². The normalized spacial score (nSPS) is 13.2. The van der Waals surface area contributed by atoms with E-state index in [9.17, 15) is 14.0 Å². The molecular weight excluding hydrogens is 511 g/mol. The molecule has 2 aromatic carbocycles. The number of hydrogen-bond donors (Lipinski definition) is 3. The van der Waals surface area contributed by atoms with Crippen LogP contribution in [0.5, 0.6) is 0 Å². The zero-order valence-electron chi connectivity index (χ0n) is 22.0. The van der Waals surface area contributed by atoms with E-state index in [4.69, 9.17) is 5.73 Å². The van der Waals surface area contributed by atoms with Gasteiger partial charge in [-0.1, -0.05) is 12.1 Å². The summed E-state index contributed by atoms with van der Waals surface area (Å²) in [6.07, 6.45) is 3.39. The van der Waals surface area contributed by atoms with E-state index in [-0.39, 0.29) is 24.0 Å². The van der Waals surface area contributed by atoms with Crippen molar-refractivity contribution in [3.8, 4) is 11.1 Å². The molecule has 1 fully saturated rings. The highest BCUT2D eigenvalue weighted by molar-refractivity contribution is 5.96. The fraction of sp³-hybridized carbons (Fsp3) is 0.207. The first-order chi connectivity index (χ1) is 19.4. The Morgan fingerprint density at radius 2 is 1.75 bits per heavy atom. The van der Waals surface area contributed by atoms with Crippen molar-refractivity contribution < 1.29 is 14.0 Å². The van der Waals surface area contributed by atoms with Gasteiger partial charge < -0.3 is 26.2 Å². The highest BCUT2D eigenvalue weighted by atomic mass is 19.1. The number of carbonyl (C=O) groups is 2. The first-order valence-corrected chi connectivity index (χ1v) is 12.8. The minimum absolute atomic E-state index is 0.0468. The molecule has 1 saturated heterocycles. The summed E-state index contributed by atoms with van der Waals surface area (Å²) in [6.45, 7) is 4.63. The quantitative estimate of drug-likeness (QED) is 0.308. The summed E-state index contributed by atoms with van der Waals surface area (Å²) in [6, 6.07) is 18.0. The molecule has 0 radical (unpaired) electrons. The molecule has 4 N–H and O–H groups in total. The molecule has 1 aliphatic heterocycles. The smallest absolute Gasteiger partial charge is 0.271 e. The van der Waals surface area contributed by atoms with Gasteiger partial charge in [-0.05, 0) is 48.0 Å². The second kappa shape index (κ2) is 11.8. The highest BCUT2D eigenvalue weighted by Gasteiger charge is 2.19. The minimum Gasteiger partial charge on any atom is -0.379 e. The van der Waals surface area contributed by atoms with Crippen LogP contribution in [0, 0.1) is 5.82 Å². The molecular formula is C29H29FN8O2. The number of halogens is 1. The number of piperazine rings is 1. The molecule has 3 heterocycles. The maximum Gasteiger partial charge on any atom is 0.271 e. The summed E-state index contributed by atoms with van der Waals surface area (Å²) in [7, 11) is 0. The number of carbonyl (C=O) groups excluding carboxylic acids is 2. The predicted molar refractivity (Wildman–Crippen MR) is 152 cm³/mol. The summed E-state index contributed by atoms with van der Waals surface area (Å²) in [5, 5.41) is 14.4. The SMILES string of the molecule is CC(=O)N1CCN(c2ccc(Nc3cc(NCc4cc(-c5cccnc5)ccc4F)c(C(N)=O)nn3)cc2)CC1. The molecule has 0 bridgehead atoms. The van der Waals surface area contributed by atoms with E-state index < -0.39 is 5.91 Å². The van der Waals surface area contributed by atoms with E-state index in [1.54, 1.807) is 37.5 Å². The van der Waals surface area contributed by atoms with Crippen LogP contribution in [0.2, 0.25) is 0 Å². The van der Waals surface area contributed by atoms with Crippen molar-refractivity contribution in [2.75, 3.05) is 41.7 Å². The molecule has 0 unspecified atom stereocenters. The molecule has 5 rings (SSSR count). The Balaban J connectivity index is 1.28. The highest BCUT2D eigenvalue weighted by Crippen LogP contribution is 2.25. The molecule has 4 aromatic rings. The number of amides is 2. The minimum atomic E-state index is -0.750. The number of primary amides is 1. The Labute approximate surface area is 231 Å². The molecule has 10 nitrogen and oxygen atoms in total. The van der Waals surface area contributed by atoms with E-state index in [0.717, 1.165) is 35.6 Å². The van der Waals surface area contributed by atoms with Gasteiger partial charge in [-0.3, -0.25) is 14.6 Å². The Bertz CT molecular complexity index is 1510. The van der Waals surface area contributed by atoms with Gasteiger partial charge >= 0.3 is 0 Å². The van der Waals surface area contributed by atoms with Crippen molar-refractivity contribution in [3.05, 3.63) is 90.1 Å². The number of pyridine rings is 1. The molecule has 0 saturated carbocycles. The standard InChI is InChI=1S/C29H29FN8O2/c1-19(39)37-11-13-38(14-12-37)24-7-5-23(6-8-24)34-27-16-26(28(29(31)40)36-35-27)33-18-22-15-20(4-9-25(22)30)21-3-2-10-32-17-21/h2-10,15-17H,11-14,18H2,1H3,(H2,31,40)(H2,33,34,35). The molecule has 1 aliphatic rings. The molecule has 0 aliphatic carbocycles. The van der Waals surface area contributed by atoms with Crippen LogP contribution >= 0.6 is 0 Å². The zero-order chi connectivity index (χ0) is 28.1. The molecule has 0 spiro atoms. The van der Waals surface area contributed by atoms with Crippen LogP contribution in [0.15, 0.2) is 73.1 Å². The van der Waals surface area contributed by atoms with Crippen LogP contribution in [-0.2, 0) is 11.3 Å². The van der Waals surface area contributed by atoms with Gasteiger partial charge in [0, 0.05) is 80.6 Å². The lowest BCUT2D eigenvalue weighted by Gasteiger charge is -2.35.